The van der Waals surface area contributed by atoms with Gasteiger partial charge in [0.25, 0.3) is 0 Å². The lowest BCUT2D eigenvalue weighted by Crippen LogP contribution is -2.33. The lowest BCUT2D eigenvalue weighted by molar-refractivity contribution is 0.434. The minimum absolute atomic E-state index is 0.152. The molecule has 1 aliphatic heterocycles. The molecule has 3 aromatic rings. The lowest BCUT2D eigenvalue weighted by Gasteiger charge is -2.30. The van der Waals surface area contributed by atoms with Gasteiger partial charge in [0.05, 0.1) is 22.8 Å². The van der Waals surface area contributed by atoms with Gasteiger partial charge in [-0.1, -0.05) is 6.92 Å². The maximum absolute atomic E-state index is 10.5. The Bertz CT molecular complexity index is 859. The Kier molecular flexibility index (Phi) is 3.63. The van der Waals surface area contributed by atoms with E-state index in [0.29, 0.717) is 5.39 Å². The second-order valence-corrected chi connectivity index (χ2v) is 6.52. The van der Waals surface area contributed by atoms with Crippen molar-refractivity contribution in [3.8, 4) is 11.6 Å². The molecule has 0 unspecified atom stereocenters. The molecule has 0 aromatic carbocycles. The van der Waals surface area contributed by atoms with E-state index >= 15 is 0 Å². The first kappa shape index (κ1) is 15.0. The summed E-state index contributed by atoms with van der Waals surface area (Å²) in [6.45, 7) is 7.08. The third-order valence-electron chi connectivity index (χ3n) is 4.81. The summed E-state index contributed by atoms with van der Waals surface area (Å²) in [7, 11) is 0. The van der Waals surface area contributed by atoms with Crippen LogP contribution in [0.2, 0.25) is 0 Å². The Morgan fingerprint density at radius 3 is 2.71 bits per heavy atom. The molecule has 3 aromatic heterocycles. The summed E-state index contributed by atoms with van der Waals surface area (Å²) in [4.78, 5) is 11.4. The number of aromatic nitrogens is 5. The van der Waals surface area contributed by atoms with Crippen LogP contribution >= 0.6 is 0 Å². The Balaban J connectivity index is 1.70. The highest BCUT2D eigenvalue weighted by Crippen LogP contribution is 2.30. The van der Waals surface area contributed by atoms with Crippen LogP contribution in [0, 0.1) is 5.92 Å². The summed E-state index contributed by atoms with van der Waals surface area (Å²) in [6, 6.07) is 0. The van der Waals surface area contributed by atoms with E-state index in [-0.39, 0.29) is 5.88 Å². The fraction of sp³-hybridized carbons (Fsp3) is 0.471. The summed E-state index contributed by atoms with van der Waals surface area (Å²) >= 11 is 0. The molecular weight excluding hydrogens is 304 g/mol. The molecule has 0 bridgehead atoms. The summed E-state index contributed by atoms with van der Waals surface area (Å²) in [5.74, 6) is 1.67. The van der Waals surface area contributed by atoms with Crippen LogP contribution in [0.3, 0.4) is 0 Å². The number of rotatable bonds is 3. The molecular formula is C17H22N6O. The molecule has 0 radical (unpaired) electrons. The number of hydrogen-bond acceptors (Lipinski definition) is 5. The second-order valence-electron chi connectivity index (χ2n) is 6.52. The van der Waals surface area contributed by atoms with Crippen LogP contribution in [0.4, 0.5) is 5.95 Å². The third-order valence-corrected chi connectivity index (χ3v) is 4.81. The van der Waals surface area contributed by atoms with Crippen LogP contribution in [0.15, 0.2) is 24.8 Å². The Morgan fingerprint density at radius 2 is 2.00 bits per heavy atom. The van der Waals surface area contributed by atoms with E-state index in [9.17, 15) is 5.11 Å². The SMILES string of the molecule is CCn1cc(-n2cc3nc(N4CCC(C)CC4)ncc3c2O)cn1. The molecule has 0 spiro atoms. The van der Waals surface area contributed by atoms with Gasteiger partial charge in [0.1, 0.15) is 0 Å². The molecule has 0 atom stereocenters. The number of nitrogens with zero attached hydrogens (tertiary/aromatic N) is 6. The molecule has 1 N–H and O–H groups in total. The highest BCUT2D eigenvalue weighted by molar-refractivity contribution is 5.85. The van der Waals surface area contributed by atoms with E-state index in [4.69, 9.17) is 0 Å². The van der Waals surface area contributed by atoms with Crippen molar-refractivity contribution in [2.24, 2.45) is 5.92 Å². The number of piperidine rings is 1. The van der Waals surface area contributed by atoms with Crippen LogP contribution < -0.4 is 4.90 Å². The van der Waals surface area contributed by atoms with Gasteiger partial charge in [-0.3, -0.25) is 9.25 Å². The fourth-order valence-corrected chi connectivity index (χ4v) is 3.18. The van der Waals surface area contributed by atoms with Crippen LogP contribution in [-0.2, 0) is 6.54 Å². The quantitative estimate of drug-likeness (QED) is 0.801. The summed E-state index contributed by atoms with van der Waals surface area (Å²) in [5, 5.41) is 15.4. The number of fused-ring (bicyclic) bond motifs is 1. The molecule has 1 fully saturated rings. The van der Waals surface area contributed by atoms with Crippen molar-refractivity contribution in [3.63, 3.8) is 0 Å². The molecule has 0 amide bonds. The molecule has 0 saturated carbocycles. The predicted octanol–water partition coefficient (Wildman–Crippen LogP) is 2.58. The molecule has 1 saturated heterocycles. The number of aryl methyl sites for hydroxylation is 1. The van der Waals surface area contributed by atoms with E-state index in [1.165, 1.54) is 12.8 Å². The maximum Gasteiger partial charge on any atom is 0.225 e. The zero-order valence-corrected chi connectivity index (χ0v) is 14.1. The van der Waals surface area contributed by atoms with Crippen molar-refractivity contribution >= 4 is 16.9 Å². The first-order chi connectivity index (χ1) is 11.7. The van der Waals surface area contributed by atoms with Crippen molar-refractivity contribution < 1.29 is 5.11 Å². The molecule has 126 valence electrons. The van der Waals surface area contributed by atoms with Crippen LogP contribution in [-0.4, -0.2) is 42.5 Å². The van der Waals surface area contributed by atoms with Crippen molar-refractivity contribution in [1.82, 2.24) is 24.3 Å². The third kappa shape index (κ3) is 2.50. The highest BCUT2D eigenvalue weighted by atomic mass is 16.3. The minimum atomic E-state index is 0.152. The predicted molar refractivity (Wildman–Crippen MR) is 92.6 cm³/mol. The molecule has 7 nitrogen and oxygen atoms in total. The largest absolute Gasteiger partial charge is 0.494 e. The van der Waals surface area contributed by atoms with Gasteiger partial charge in [-0.15, -0.1) is 0 Å². The van der Waals surface area contributed by atoms with Gasteiger partial charge >= 0.3 is 0 Å². The van der Waals surface area contributed by atoms with E-state index in [1.54, 1.807) is 17.0 Å². The van der Waals surface area contributed by atoms with E-state index in [2.05, 4.69) is 26.9 Å². The fourth-order valence-electron chi connectivity index (χ4n) is 3.18. The van der Waals surface area contributed by atoms with Gasteiger partial charge in [-0.2, -0.15) is 5.10 Å². The van der Waals surface area contributed by atoms with Gasteiger partial charge < -0.3 is 10.0 Å². The number of anilines is 1. The van der Waals surface area contributed by atoms with Crippen molar-refractivity contribution in [1.29, 1.82) is 0 Å². The van der Waals surface area contributed by atoms with Gasteiger partial charge in [-0.05, 0) is 25.7 Å². The van der Waals surface area contributed by atoms with E-state index in [1.807, 2.05) is 24.0 Å². The average Bonchev–Trinajstić information content (AvgIpc) is 3.20. The standard InChI is InChI=1S/C17H22N6O/c1-3-22-10-13(8-19-22)23-11-15-14(16(23)24)9-18-17(20-15)21-6-4-12(2)5-7-21/h8-12,24H,3-7H2,1-2H3. The van der Waals surface area contributed by atoms with Gasteiger partial charge in [-0.25, -0.2) is 9.97 Å². The highest BCUT2D eigenvalue weighted by Gasteiger charge is 2.20. The zero-order valence-electron chi connectivity index (χ0n) is 14.1. The average molecular weight is 326 g/mol. The molecule has 4 heterocycles. The van der Waals surface area contributed by atoms with Crippen molar-refractivity contribution in [3.05, 3.63) is 24.8 Å². The van der Waals surface area contributed by atoms with E-state index in [0.717, 1.165) is 42.7 Å². The van der Waals surface area contributed by atoms with Crippen molar-refractivity contribution in [2.75, 3.05) is 18.0 Å². The Labute approximate surface area is 140 Å². The smallest absolute Gasteiger partial charge is 0.225 e. The summed E-state index contributed by atoms with van der Waals surface area (Å²) in [5.41, 5.74) is 1.57. The van der Waals surface area contributed by atoms with Gasteiger partial charge in [0, 0.05) is 38.2 Å². The Hall–Kier alpha value is -2.57. The maximum atomic E-state index is 10.5. The van der Waals surface area contributed by atoms with E-state index < -0.39 is 0 Å². The normalized spacial score (nSPS) is 16.2. The van der Waals surface area contributed by atoms with Gasteiger partial charge in [0.15, 0.2) is 0 Å². The molecule has 0 aliphatic carbocycles. The second kappa shape index (κ2) is 5.81. The van der Waals surface area contributed by atoms with Gasteiger partial charge in [0.2, 0.25) is 11.8 Å². The summed E-state index contributed by atoms with van der Waals surface area (Å²) < 4.78 is 3.53. The van der Waals surface area contributed by atoms with Crippen LogP contribution in [0.25, 0.3) is 16.6 Å². The number of aromatic hydroxyl groups is 1. The van der Waals surface area contributed by atoms with Crippen molar-refractivity contribution in [2.45, 2.75) is 33.2 Å². The Morgan fingerprint density at radius 1 is 1.21 bits per heavy atom. The first-order valence-corrected chi connectivity index (χ1v) is 8.50. The lowest BCUT2D eigenvalue weighted by atomic mass is 10.00. The first-order valence-electron chi connectivity index (χ1n) is 8.50. The minimum Gasteiger partial charge on any atom is -0.494 e. The zero-order chi connectivity index (χ0) is 16.7. The number of hydrogen-bond donors (Lipinski definition) is 1. The molecule has 4 rings (SSSR count). The monoisotopic (exact) mass is 326 g/mol. The van der Waals surface area contributed by atoms with Crippen LogP contribution in [0.5, 0.6) is 5.88 Å². The summed E-state index contributed by atoms with van der Waals surface area (Å²) in [6.07, 6.45) is 9.54. The van der Waals surface area contributed by atoms with Crippen LogP contribution in [0.1, 0.15) is 26.7 Å². The molecule has 7 heteroatoms. The molecule has 1 aliphatic rings. The topological polar surface area (TPSA) is 72.0 Å². The molecule has 24 heavy (non-hydrogen) atoms.